The molecule has 3 heteroatoms. The first-order valence-electron chi connectivity index (χ1n) is 5.57. The van der Waals surface area contributed by atoms with Crippen molar-refractivity contribution in [3.63, 3.8) is 0 Å². The molecule has 15 heavy (non-hydrogen) atoms. The van der Waals surface area contributed by atoms with Crippen LogP contribution in [0.4, 0.5) is 0 Å². The molecule has 1 heterocycles. The van der Waals surface area contributed by atoms with Crippen LogP contribution in [0, 0.1) is 12.3 Å². The first kappa shape index (κ1) is 12.5. The lowest BCUT2D eigenvalue weighted by molar-refractivity contribution is -0.0949. The largest absolute Gasteiger partial charge is 0.373 e. The van der Waals surface area contributed by atoms with Crippen molar-refractivity contribution in [2.75, 3.05) is 32.8 Å². The Morgan fingerprint density at radius 2 is 2.33 bits per heavy atom. The summed E-state index contributed by atoms with van der Waals surface area (Å²) in [6.45, 7) is 10.9. The second-order valence-corrected chi connectivity index (χ2v) is 4.76. The average Bonchev–Trinajstić information content (AvgIpc) is 2.16. The minimum absolute atomic E-state index is 0.0153. The van der Waals surface area contributed by atoms with Gasteiger partial charge >= 0.3 is 0 Å². The quantitative estimate of drug-likeness (QED) is 0.546. The maximum atomic E-state index is 5.68. The van der Waals surface area contributed by atoms with Crippen LogP contribution in [0.1, 0.15) is 20.8 Å². The topological polar surface area (TPSA) is 24.5 Å². The van der Waals surface area contributed by atoms with Gasteiger partial charge in [-0.1, -0.05) is 5.92 Å². The fraction of sp³-hybridized carbons (Fsp3) is 0.833. The van der Waals surface area contributed by atoms with Crippen molar-refractivity contribution in [2.24, 2.45) is 0 Å². The lowest BCUT2D eigenvalue weighted by Crippen LogP contribution is -2.53. The SMILES string of the molecule is C#CCNCC(C)N1CCOC(C)(C)C1. The number of terminal acetylenes is 1. The van der Waals surface area contributed by atoms with Gasteiger partial charge in [0.2, 0.25) is 0 Å². The Morgan fingerprint density at radius 1 is 1.60 bits per heavy atom. The van der Waals surface area contributed by atoms with Crippen LogP contribution in [0.15, 0.2) is 0 Å². The van der Waals surface area contributed by atoms with Gasteiger partial charge in [0.1, 0.15) is 0 Å². The smallest absolute Gasteiger partial charge is 0.0753 e. The van der Waals surface area contributed by atoms with Gasteiger partial charge in [-0.25, -0.2) is 0 Å². The van der Waals surface area contributed by atoms with E-state index in [1.54, 1.807) is 0 Å². The number of nitrogens with zero attached hydrogens (tertiary/aromatic N) is 1. The van der Waals surface area contributed by atoms with Gasteiger partial charge in [-0.15, -0.1) is 6.42 Å². The zero-order valence-corrected chi connectivity index (χ0v) is 10.0. The predicted molar refractivity (Wildman–Crippen MR) is 62.8 cm³/mol. The summed E-state index contributed by atoms with van der Waals surface area (Å²) < 4.78 is 5.68. The first-order chi connectivity index (χ1) is 7.05. The minimum atomic E-state index is -0.0153. The van der Waals surface area contributed by atoms with Crippen LogP contribution in [-0.4, -0.2) is 49.3 Å². The highest BCUT2D eigenvalue weighted by Gasteiger charge is 2.29. The summed E-state index contributed by atoms with van der Waals surface area (Å²) in [7, 11) is 0. The molecule has 0 bridgehead atoms. The van der Waals surface area contributed by atoms with E-state index in [4.69, 9.17) is 11.2 Å². The molecule has 0 spiro atoms. The third-order valence-electron chi connectivity index (χ3n) is 2.75. The van der Waals surface area contributed by atoms with Crippen molar-refractivity contribution in [1.82, 2.24) is 10.2 Å². The Balaban J connectivity index is 2.32. The van der Waals surface area contributed by atoms with Gasteiger partial charge in [0.15, 0.2) is 0 Å². The van der Waals surface area contributed by atoms with Crippen molar-refractivity contribution < 1.29 is 4.74 Å². The fourth-order valence-electron chi connectivity index (χ4n) is 1.91. The number of morpholine rings is 1. The average molecular weight is 210 g/mol. The summed E-state index contributed by atoms with van der Waals surface area (Å²) in [6.07, 6.45) is 5.19. The molecule has 0 amide bonds. The molecule has 1 unspecified atom stereocenters. The molecule has 1 aliphatic heterocycles. The first-order valence-corrected chi connectivity index (χ1v) is 5.57. The van der Waals surface area contributed by atoms with Gasteiger partial charge in [0.25, 0.3) is 0 Å². The highest BCUT2D eigenvalue weighted by Crippen LogP contribution is 2.17. The van der Waals surface area contributed by atoms with Crippen molar-refractivity contribution >= 4 is 0 Å². The summed E-state index contributed by atoms with van der Waals surface area (Å²) in [5, 5.41) is 3.24. The number of rotatable bonds is 4. The van der Waals surface area contributed by atoms with Gasteiger partial charge in [-0.05, 0) is 20.8 Å². The van der Waals surface area contributed by atoms with Crippen molar-refractivity contribution in [1.29, 1.82) is 0 Å². The van der Waals surface area contributed by atoms with E-state index in [1.807, 2.05) is 0 Å². The molecular weight excluding hydrogens is 188 g/mol. The summed E-state index contributed by atoms with van der Waals surface area (Å²) in [4.78, 5) is 2.45. The molecule has 0 aromatic carbocycles. The van der Waals surface area contributed by atoms with E-state index >= 15 is 0 Å². The third kappa shape index (κ3) is 4.21. The number of nitrogens with one attached hydrogen (secondary N) is 1. The van der Waals surface area contributed by atoms with Crippen molar-refractivity contribution in [3.05, 3.63) is 0 Å². The summed E-state index contributed by atoms with van der Waals surface area (Å²) in [5.41, 5.74) is -0.0153. The highest BCUT2D eigenvalue weighted by atomic mass is 16.5. The highest BCUT2D eigenvalue weighted by molar-refractivity contribution is 4.88. The fourth-order valence-corrected chi connectivity index (χ4v) is 1.91. The Bertz CT molecular complexity index is 232. The number of hydrogen-bond acceptors (Lipinski definition) is 3. The molecule has 0 aliphatic carbocycles. The summed E-state index contributed by atoms with van der Waals surface area (Å²) in [6, 6.07) is 0.515. The Labute approximate surface area is 93.2 Å². The maximum Gasteiger partial charge on any atom is 0.0753 e. The monoisotopic (exact) mass is 210 g/mol. The molecule has 0 radical (unpaired) electrons. The molecule has 3 nitrogen and oxygen atoms in total. The standard InChI is InChI=1S/C12H22N2O/c1-5-6-13-9-11(2)14-7-8-15-12(3,4)10-14/h1,11,13H,6-10H2,2-4H3. The van der Waals surface area contributed by atoms with Crippen LogP contribution in [-0.2, 0) is 4.74 Å². The molecule has 1 rings (SSSR count). The normalized spacial score (nSPS) is 23.3. The van der Waals surface area contributed by atoms with Crippen LogP contribution in [0.2, 0.25) is 0 Å². The molecule has 1 aliphatic rings. The molecule has 1 saturated heterocycles. The van der Waals surface area contributed by atoms with Gasteiger partial charge in [0, 0.05) is 25.7 Å². The van der Waals surface area contributed by atoms with Crippen molar-refractivity contribution in [3.8, 4) is 12.3 Å². The van der Waals surface area contributed by atoms with Gasteiger partial charge < -0.3 is 10.1 Å². The molecule has 1 fully saturated rings. The minimum Gasteiger partial charge on any atom is -0.373 e. The van der Waals surface area contributed by atoms with Crippen LogP contribution < -0.4 is 5.32 Å². The molecular formula is C12H22N2O. The van der Waals surface area contributed by atoms with Crippen LogP contribution in [0.5, 0.6) is 0 Å². The Morgan fingerprint density at radius 3 is 2.93 bits per heavy atom. The van der Waals surface area contributed by atoms with Crippen LogP contribution in [0.3, 0.4) is 0 Å². The van der Waals surface area contributed by atoms with E-state index in [0.717, 1.165) is 26.2 Å². The van der Waals surface area contributed by atoms with E-state index in [0.29, 0.717) is 12.6 Å². The second-order valence-electron chi connectivity index (χ2n) is 4.76. The zero-order chi connectivity index (χ0) is 11.3. The van der Waals surface area contributed by atoms with Gasteiger partial charge in [-0.2, -0.15) is 0 Å². The van der Waals surface area contributed by atoms with E-state index in [1.165, 1.54) is 0 Å². The summed E-state index contributed by atoms with van der Waals surface area (Å²) in [5.74, 6) is 2.59. The Hall–Kier alpha value is -0.560. The lowest BCUT2D eigenvalue weighted by atomic mass is 10.1. The summed E-state index contributed by atoms with van der Waals surface area (Å²) >= 11 is 0. The molecule has 1 atom stereocenters. The van der Waals surface area contributed by atoms with E-state index in [2.05, 4.69) is 36.9 Å². The van der Waals surface area contributed by atoms with Crippen LogP contribution in [0.25, 0.3) is 0 Å². The Kier molecular flexibility index (Phi) is 4.59. The van der Waals surface area contributed by atoms with Gasteiger partial charge in [-0.3, -0.25) is 4.90 Å². The molecule has 0 aromatic heterocycles. The van der Waals surface area contributed by atoms with Gasteiger partial charge in [0.05, 0.1) is 18.8 Å². The number of hydrogen-bond donors (Lipinski definition) is 1. The maximum absolute atomic E-state index is 5.68. The molecule has 0 saturated carbocycles. The number of ether oxygens (including phenoxy) is 1. The van der Waals surface area contributed by atoms with Crippen LogP contribution >= 0.6 is 0 Å². The van der Waals surface area contributed by atoms with Crippen molar-refractivity contribution in [2.45, 2.75) is 32.4 Å². The van der Waals surface area contributed by atoms with E-state index < -0.39 is 0 Å². The zero-order valence-electron chi connectivity index (χ0n) is 10.0. The lowest BCUT2D eigenvalue weighted by Gasteiger charge is -2.41. The van der Waals surface area contributed by atoms with E-state index in [9.17, 15) is 0 Å². The third-order valence-corrected chi connectivity index (χ3v) is 2.75. The molecule has 86 valence electrons. The molecule has 0 aromatic rings. The molecule has 1 N–H and O–H groups in total. The van der Waals surface area contributed by atoms with E-state index in [-0.39, 0.29) is 5.60 Å². The second kappa shape index (κ2) is 5.50. The predicted octanol–water partition coefficient (Wildman–Crippen LogP) is 0.708.